The maximum Gasteiger partial charge on any atom is 0.252 e. The molecule has 1 saturated heterocycles. The lowest BCUT2D eigenvalue weighted by Gasteiger charge is -2.30. The molecule has 146 valence electrons. The number of benzene rings is 1. The Morgan fingerprint density at radius 1 is 1.33 bits per heavy atom. The Labute approximate surface area is 171 Å². The normalized spacial score (nSPS) is 18.2. The maximum absolute atomic E-state index is 12.8. The summed E-state index contributed by atoms with van der Waals surface area (Å²) in [4.78, 5) is 12.6. The minimum atomic E-state index is -3.56. The van der Waals surface area contributed by atoms with Gasteiger partial charge in [-0.05, 0) is 47.0 Å². The number of amides is 1. The second kappa shape index (κ2) is 8.72. The molecule has 1 fully saturated rings. The third-order valence-corrected chi connectivity index (χ3v) is 8.50. The summed E-state index contributed by atoms with van der Waals surface area (Å²) in [7, 11) is -1.97. The summed E-state index contributed by atoms with van der Waals surface area (Å²) < 4.78 is 33.4. The van der Waals surface area contributed by atoms with Crippen molar-refractivity contribution in [3.8, 4) is 5.75 Å². The van der Waals surface area contributed by atoms with Crippen LogP contribution in [0.3, 0.4) is 0 Å². The standard InChI is InChI=1S/C18H21BrN2O4S2/c1-25-15-7-3-2-5-13(15)11-20-18(22)14-6-4-10-21(12-14)27(23,24)17-9-8-16(19)26-17/h2-3,5,7-9,14H,4,6,10-12H2,1H3,(H,20,22). The first-order valence-electron chi connectivity index (χ1n) is 8.57. The highest BCUT2D eigenvalue weighted by Crippen LogP contribution is 2.31. The van der Waals surface area contributed by atoms with Crippen molar-refractivity contribution in [1.82, 2.24) is 9.62 Å². The number of thiophene rings is 1. The van der Waals surface area contributed by atoms with Crippen molar-refractivity contribution in [2.45, 2.75) is 23.6 Å². The van der Waals surface area contributed by atoms with E-state index in [4.69, 9.17) is 4.74 Å². The number of halogens is 1. The van der Waals surface area contributed by atoms with E-state index in [2.05, 4.69) is 21.2 Å². The van der Waals surface area contributed by atoms with Gasteiger partial charge in [-0.3, -0.25) is 4.79 Å². The number of piperidine rings is 1. The molecule has 0 aliphatic carbocycles. The van der Waals surface area contributed by atoms with Gasteiger partial charge in [0.25, 0.3) is 10.0 Å². The largest absolute Gasteiger partial charge is 0.496 e. The second-order valence-corrected chi connectivity index (χ2v) is 10.9. The molecule has 1 aliphatic heterocycles. The summed E-state index contributed by atoms with van der Waals surface area (Å²) in [6.07, 6.45) is 1.34. The number of para-hydroxylation sites is 1. The fourth-order valence-corrected chi connectivity index (χ4v) is 6.80. The Balaban J connectivity index is 1.64. The third-order valence-electron chi connectivity index (χ3n) is 4.54. The number of nitrogens with one attached hydrogen (secondary N) is 1. The van der Waals surface area contributed by atoms with E-state index in [1.54, 1.807) is 19.2 Å². The van der Waals surface area contributed by atoms with Gasteiger partial charge in [-0.25, -0.2) is 8.42 Å². The summed E-state index contributed by atoms with van der Waals surface area (Å²) in [5, 5.41) is 2.91. The highest BCUT2D eigenvalue weighted by molar-refractivity contribution is 9.11. The number of ether oxygens (including phenoxy) is 1. The number of hydrogen-bond acceptors (Lipinski definition) is 5. The van der Waals surface area contributed by atoms with Gasteiger partial charge in [0.05, 0.1) is 16.8 Å². The van der Waals surface area contributed by atoms with Crippen LogP contribution in [-0.4, -0.2) is 38.8 Å². The number of nitrogens with zero attached hydrogens (tertiary/aromatic N) is 1. The van der Waals surface area contributed by atoms with Crippen molar-refractivity contribution < 1.29 is 17.9 Å². The molecule has 2 heterocycles. The van der Waals surface area contributed by atoms with E-state index in [9.17, 15) is 13.2 Å². The zero-order valence-electron chi connectivity index (χ0n) is 14.9. The molecule has 27 heavy (non-hydrogen) atoms. The number of rotatable bonds is 6. The topological polar surface area (TPSA) is 75.7 Å². The highest BCUT2D eigenvalue weighted by Gasteiger charge is 2.34. The molecule has 1 unspecified atom stereocenters. The van der Waals surface area contributed by atoms with Crippen LogP contribution in [0.1, 0.15) is 18.4 Å². The molecule has 0 bridgehead atoms. The maximum atomic E-state index is 12.8. The van der Waals surface area contributed by atoms with E-state index >= 15 is 0 Å². The molecule has 1 aliphatic rings. The van der Waals surface area contributed by atoms with Gasteiger partial charge in [0, 0.05) is 25.2 Å². The summed E-state index contributed by atoms with van der Waals surface area (Å²) in [5.74, 6) is 0.230. The van der Waals surface area contributed by atoms with Gasteiger partial charge in [0.1, 0.15) is 9.96 Å². The third kappa shape index (κ3) is 4.71. The van der Waals surface area contributed by atoms with Crippen LogP contribution >= 0.6 is 27.3 Å². The predicted octanol–water partition coefficient (Wildman–Crippen LogP) is 3.24. The minimum absolute atomic E-state index is 0.131. The van der Waals surface area contributed by atoms with Crippen molar-refractivity contribution >= 4 is 43.2 Å². The fraction of sp³-hybridized carbons (Fsp3) is 0.389. The van der Waals surface area contributed by atoms with Crippen molar-refractivity contribution in [2.24, 2.45) is 5.92 Å². The Bertz CT molecular complexity index is 914. The van der Waals surface area contributed by atoms with Gasteiger partial charge >= 0.3 is 0 Å². The van der Waals surface area contributed by atoms with Crippen molar-refractivity contribution in [3.63, 3.8) is 0 Å². The smallest absolute Gasteiger partial charge is 0.252 e. The van der Waals surface area contributed by atoms with Crippen LogP contribution in [0.4, 0.5) is 0 Å². The predicted molar refractivity (Wildman–Crippen MR) is 108 cm³/mol. The van der Waals surface area contributed by atoms with E-state index in [1.807, 2.05) is 24.3 Å². The quantitative estimate of drug-likeness (QED) is 0.699. The number of carbonyl (C=O) groups is 1. The van der Waals surface area contributed by atoms with Crippen LogP contribution < -0.4 is 10.1 Å². The Morgan fingerprint density at radius 3 is 2.81 bits per heavy atom. The summed E-state index contributed by atoms with van der Waals surface area (Å²) in [6, 6.07) is 10.8. The molecule has 1 aromatic heterocycles. The van der Waals surface area contributed by atoms with Gasteiger partial charge < -0.3 is 10.1 Å². The van der Waals surface area contributed by atoms with E-state index in [-0.39, 0.29) is 18.4 Å². The first-order valence-corrected chi connectivity index (χ1v) is 11.6. The molecule has 0 saturated carbocycles. The first-order chi connectivity index (χ1) is 12.9. The molecule has 9 heteroatoms. The van der Waals surface area contributed by atoms with E-state index in [1.165, 1.54) is 15.6 Å². The summed E-state index contributed by atoms with van der Waals surface area (Å²) in [5.41, 5.74) is 0.886. The molecule has 3 rings (SSSR count). The molecular formula is C18H21BrN2O4S2. The lowest BCUT2D eigenvalue weighted by atomic mass is 9.98. The minimum Gasteiger partial charge on any atom is -0.496 e. The van der Waals surface area contributed by atoms with Crippen molar-refractivity contribution in [2.75, 3.05) is 20.2 Å². The zero-order chi connectivity index (χ0) is 19.4. The summed E-state index contributed by atoms with van der Waals surface area (Å²) >= 11 is 4.48. The number of carbonyl (C=O) groups excluding carboxylic acids is 1. The number of hydrogen-bond donors (Lipinski definition) is 1. The molecule has 0 radical (unpaired) electrons. The van der Waals surface area contributed by atoms with Gasteiger partial charge in [-0.2, -0.15) is 4.31 Å². The van der Waals surface area contributed by atoms with Crippen molar-refractivity contribution in [1.29, 1.82) is 0 Å². The Kier molecular flexibility index (Phi) is 6.56. The SMILES string of the molecule is COc1ccccc1CNC(=O)C1CCCN(S(=O)(=O)c2ccc(Br)s2)C1. The average Bonchev–Trinajstić information content (AvgIpc) is 3.13. The summed E-state index contributed by atoms with van der Waals surface area (Å²) in [6.45, 7) is 0.994. The van der Waals surface area contributed by atoms with Crippen LogP contribution in [0.15, 0.2) is 44.4 Å². The van der Waals surface area contributed by atoms with Crippen molar-refractivity contribution in [3.05, 3.63) is 45.7 Å². The molecule has 1 aromatic carbocycles. The van der Waals surface area contributed by atoms with Gasteiger partial charge in [-0.15, -0.1) is 11.3 Å². The molecule has 2 aromatic rings. The first kappa shape index (κ1) is 20.3. The molecular weight excluding hydrogens is 452 g/mol. The lowest BCUT2D eigenvalue weighted by molar-refractivity contribution is -0.126. The van der Waals surface area contributed by atoms with E-state index in [0.29, 0.717) is 35.9 Å². The van der Waals surface area contributed by atoms with Crippen LogP contribution in [0.25, 0.3) is 0 Å². The fourth-order valence-electron chi connectivity index (χ4n) is 3.11. The van der Waals surface area contributed by atoms with Crippen LogP contribution in [0.5, 0.6) is 5.75 Å². The van der Waals surface area contributed by atoms with Gasteiger partial charge in [0.15, 0.2) is 0 Å². The van der Waals surface area contributed by atoms with Gasteiger partial charge in [-0.1, -0.05) is 18.2 Å². The average molecular weight is 473 g/mol. The highest BCUT2D eigenvalue weighted by atomic mass is 79.9. The van der Waals surface area contributed by atoms with Crippen LogP contribution in [0, 0.1) is 5.92 Å². The molecule has 1 atom stereocenters. The number of methoxy groups -OCH3 is 1. The van der Waals surface area contributed by atoms with Crippen LogP contribution in [0.2, 0.25) is 0 Å². The zero-order valence-corrected chi connectivity index (χ0v) is 18.1. The Hall–Kier alpha value is -1.42. The van der Waals surface area contributed by atoms with Crippen LogP contribution in [-0.2, 0) is 21.4 Å². The molecule has 0 spiro atoms. The monoisotopic (exact) mass is 472 g/mol. The Morgan fingerprint density at radius 2 is 2.11 bits per heavy atom. The van der Waals surface area contributed by atoms with E-state index in [0.717, 1.165) is 9.35 Å². The van der Waals surface area contributed by atoms with E-state index < -0.39 is 10.0 Å². The lowest BCUT2D eigenvalue weighted by Crippen LogP contribution is -2.45. The molecule has 1 amide bonds. The number of sulfonamides is 1. The molecule has 6 nitrogen and oxygen atoms in total. The second-order valence-electron chi connectivity index (χ2n) is 6.29. The molecule has 1 N–H and O–H groups in total. The van der Waals surface area contributed by atoms with Gasteiger partial charge in [0.2, 0.25) is 5.91 Å².